The van der Waals surface area contributed by atoms with Crippen LogP contribution in [0.3, 0.4) is 0 Å². The first-order chi connectivity index (χ1) is 17.1. The van der Waals surface area contributed by atoms with Crippen molar-refractivity contribution in [2.45, 2.75) is 25.7 Å². The summed E-state index contributed by atoms with van der Waals surface area (Å²) in [6.07, 6.45) is 0. The van der Waals surface area contributed by atoms with E-state index >= 15 is 0 Å². The van der Waals surface area contributed by atoms with Gasteiger partial charge in [0.15, 0.2) is 0 Å². The number of halogens is 1. The van der Waals surface area contributed by atoms with E-state index in [9.17, 15) is 18.0 Å². The lowest BCUT2D eigenvalue weighted by Crippen LogP contribution is -2.38. The lowest BCUT2D eigenvalue weighted by atomic mass is 10.1. The van der Waals surface area contributed by atoms with Crippen LogP contribution in [0, 0.1) is 13.8 Å². The summed E-state index contributed by atoms with van der Waals surface area (Å²) in [4.78, 5) is 25.0. The molecule has 0 spiro atoms. The monoisotopic (exact) mass is 574 g/mol. The number of esters is 1. The van der Waals surface area contributed by atoms with Gasteiger partial charge >= 0.3 is 5.97 Å². The van der Waals surface area contributed by atoms with Gasteiger partial charge in [-0.3, -0.25) is 9.10 Å². The molecule has 0 aromatic heterocycles. The lowest BCUT2D eigenvalue weighted by Gasteiger charge is -2.24. The van der Waals surface area contributed by atoms with Crippen molar-refractivity contribution in [3.8, 4) is 5.75 Å². The molecule has 190 valence electrons. The highest BCUT2D eigenvalue weighted by atomic mass is 79.9. The molecule has 0 saturated heterocycles. The highest BCUT2D eigenvalue weighted by Gasteiger charge is 2.28. The Hall–Kier alpha value is -3.37. The quantitative estimate of drug-likeness (QED) is 0.357. The van der Waals surface area contributed by atoms with Crippen LogP contribution < -0.4 is 14.4 Å². The maximum atomic E-state index is 13.6. The molecule has 8 nitrogen and oxygen atoms in total. The molecule has 0 unspecified atom stereocenters. The number of hydrogen-bond acceptors (Lipinski definition) is 6. The van der Waals surface area contributed by atoms with E-state index in [1.165, 1.54) is 19.2 Å². The number of anilines is 2. The number of hydrogen-bond donors (Lipinski definition) is 1. The fourth-order valence-corrected chi connectivity index (χ4v) is 5.57. The maximum Gasteiger partial charge on any atom is 0.338 e. The van der Waals surface area contributed by atoms with Gasteiger partial charge in [-0.15, -0.1) is 0 Å². The van der Waals surface area contributed by atoms with Gasteiger partial charge in [-0.05, 0) is 90.8 Å². The van der Waals surface area contributed by atoms with Crippen molar-refractivity contribution >= 4 is 49.2 Å². The molecule has 0 aliphatic carbocycles. The summed E-state index contributed by atoms with van der Waals surface area (Å²) < 4.78 is 39.0. The van der Waals surface area contributed by atoms with Crippen molar-refractivity contribution < 1.29 is 27.5 Å². The minimum absolute atomic E-state index is 0.00137. The van der Waals surface area contributed by atoms with Crippen LogP contribution in [0.4, 0.5) is 11.4 Å². The number of benzene rings is 3. The zero-order chi connectivity index (χ0) is 26.5. The number of nitrogens with one attached hydrogen (secondary N) is 1. The van der Waals surface area contributed by atoms with Gasteiger partial charge in [0.25, 0.3) is 10.0 Å². The first kappa shape index (κ1) is 27.2. The Morgan fingerprint density at radius 3 is 2.28 bits per heavy atom. The van der Waals surface area contributed by atoms with E-state index in [2.05, 4.69) is 21.2 Å². The molecule has 0 fully saturated rings. The van der Waals surface area contributed by atoms with Crippen molar-refractivity contribution in [2.24, 2.45) is 0 Å². The summed E-state index contributed by atoms with van der Waals surface area (Å²) in [7, 11) is -2.63. The van der Waals surface area contributed by atoms with Gasteiger partial charge in [-0.1, -0.05) is 17.7 Å². The molecule has 3 rings (SSSR count). The van der Waals surface area contributed by atoms with Crippen molar-refractivity contribution in [3.63, 3.8) is 0 Å². The number of amides is 1. The summed E-state index contributed by atoms with van der Waals surface area (Å²) in [5.41, 5.74) is 2.75. The second-order valence-corrected chi connectivity index (χ2v) is 10.7. The Morgan fingerprint density at radius 1 is 1.00 bits per heavy atom. The molecule has 0 radical (unpaired) electrons. The second kappa shape index (κ2) is 11.6. The number of nitrogens with zero attached hydrogens (tertiary/aromatic N) is 1. The van der Waals surface area contributed by atoms with Crippen LogP contribution in [0.5, 0.6) is 5.75 Å². The number of carbonyl (C=O) groups excluding carboxylic acids is 2. The lowest BCUT2D eigenvalue weighted by molar-refractivity contribution is -0.114. The highest BCUT2D eigenvalue weighted by molar-refractivity contribution is 9.10. The molecule has 10 heteroatoms. The van der Waals surface area contributed by atoms with Crippen LogP contribution in [0.15, 0.2) is 70.0 Å². The SMILES string of the molecule is CCOC(=O)c1ccc(NC(=O)CN(c2ccc(C)cc2)S(=O)(=O)c2ccc(OC)c(Br)c2)c(C)c1. The normalized spacial score (nSPS) is 11.0. The van der Waals surface area contributed by atoms with E-state index in [-0.39, 0.29) is 11.5 Å². The number of carbonyl (C=O) groups is 2. The number of ether oxygens (including phenoxy) is 2. The molecular weight excluding hydrogens is 548 g/mol. The third kappa shape index (κ3) is 6.24. The average molecular weight is 575 g/mol. The molecule has 3 aromatic carbocycles. The molecule has 0 aliphatic rings. The average Bonchev–Trinajstić information content (AvgIpc) is 2.84. The van der Waals surface area contributed by atoms with Crippen LogP contribution in [0.25, 0.3) is 0 Å². The second-order valence-electron chi connectivity index (χ2n) is 7.94. The van der Waals surface area contributed by atoms with E-state index in [1.807, 2.05) is 6.92 Å². The number of rotatable bonds is 9. The molecule has 3 aromatic rings. The van der Waals surface area contributed by atoms with Crippen molar-refractivity contribution in [2.75, 3.05) is 29.9 Å². The highest BCUT2D eigenvalue weighted by Crippen LogP contribution is 2.31. The van der Waals surface area contributed by atoms with E-state index in [4.69, 9.17) is 9.47 Å². The molecule has 0 atom stereocenters. The maximum absolute atomic E-state index is 13.6. The van der Waals surface area contributed by atoms with Crippen molar-refractivity contribution in [1.82, 2.24) is 0 Å². The van der Waals surface area contributed by atoms with Crippen LogP contribution >= 0.6 is 15.9 Å². The molecule has 36 heavy (non-hydrogen) atoms. The van der Waals surface area contributed by atoms with Gasteiger partial charge in [0.05, 0.1) is 34.3 Å². The minimum atomic E-state index is -4.11. The fraction of sp³-hybridized carbons (Fsp3) is 0.231. The van der Waals surface area contributed by atoms with E-state index in [0.29, 0.717) is 32.7 Å². The van der Waals surface area contributed by atoms with Gasteiger partial charge in [0.2, 0.25) is 5.91 Å². The third-order valence-corrected chi connectivity index (χ3v) is 7.72. The van der Waals surface area contributed by atoms with Crippen molar-refractivity contribution in [3.05, 3.63) is 81.8 Å². The Bertz CT molecular complexity index is 1370. The summed E-state index contributed by atoms with van der Waals surface area (Å²) in [6.45, 7) is 5.14. The van der Waals surface area contributed by atoms with Gasteiger partial charge in [0.1, 0.15) is 12.3 Å². The number of sulfonamides is 1. The number of methoxy groups -OCH3 is 1. The summed E-state index contributed by atoms with van der Waals surface area (Å²) >= 11 is 3.32. The molecule has 1 N–H and O–H groups in total. The first-order valence-electron chi connectivity index (χ1n) is 11.1. The van der Waals surface area contributed by atoms with Gasteiger partial charge < -0.3 is 14.8 Å². The molecule has 0 saturated carbocycles. The van der Waals surface area contributed by atoms with Gasteiger partial charge in [-0.2, -0.15) is 0 Å². The number of aryl methyl sites for hydroxylation is 2. The first-order valence-corrected chi connectivity index (χ1v) is 13.3. The van der Waals surface area contributed by atoms with Gasteiger partial charge in [-0.25, -0.2) is 13.2 Å². The molecule has 1 amide bonds. The smallest absolute Gasteiger partial charge is 0.338 e. The predicted octanol–water partition coefficient (Wildman–Crippen LogP) is 5.09. The topological polar surface area (TPSA) is 102 Å². The van der Waals surface area contributed by atoms with Crippen LogP contribution in [-0.4, -0.2) is 40.6 Å². The summed E-state index contributed by atoms with van der Waals surface area (Å²) in [5.74, 6) is -0.519. The Balaban J connectivity index is 1.91. The summed E-state index contributed by atoms with van der Waals surface area (Å²) in [6, 6.07) is 16.0. The largest absolute Gasteiger partial charge is 0.496 e. The Labute approximate surface area is 219 Å². The molecule has 0 aliphatic heterocycles. The molecule has 0 bridgehead atoms. The van der Waals surface area contributed by atoms with Crippen LogP contribution in [0.1, 0.15) is 28.4 Å². The van der Waals surface area contributed by atoms with E-state index in [0.717, 1.165) is 9.87 Å². The standard InChI is InChI=1S/C26H27BrN2O6S/c1-5-35-26(31)19-8-12-23(18(3)14-19)28-25(30)16-29(20-9-6-17(2)7-10-20)36(32,33)21-11-13-24(34-4)22(27)15-21/h6-15H,5,16H2,1-4H3,(H,28,30). The molecular formula is C26H27BrN2O6S. The summed E-state index contributed by atoms with van der Waals surface area (Å²) in [5, 5.41) is 2.75. The Morgan fingerprint density at radius 2 is 1.69 bits per heavy atom. The van der Waals surface area contributed by atoms with E-state index in [1.54, 1.807) is 62.4 Å². The molecule has 0 heterocycles. The Kier molecular flexibility index (Phi) is 8.75. The fourth-order valence-electron chi connectivity index (χ4n) is 3.43. The van der Waals surface area contributed by atoms with Gasteiger partial charge in [0, 0.05) is 5.69 Å². The zero-order valence-electron chi connectivity index (χ0n) is 20.4. The predicted molar refractivity (Wildman–Crippen MR) is 142 cm³/mol. The minimum Gasteiger partial charge on any atom is -0.496 e. The van der Waals surface area contributed by atoms with Crippen LogP contribution in [0.2, 0.25) is 0 Å². The van der Waals surface area contributed by atoms with Crippen molar-refractivity contribution in [1.29, 1.82) is 0 Å². The van der Waals surface area contributed by atoms with E-state index < -0.39 is 28.4 Å². The third-order valence-electron chi connectivity index (χ3n) is 5.33. The van der Waals surface area contributed by atoms with Crippen LogP contribution in [-0.2, 0) is 19.6 Å². The zero-order valence-corrected chi connectivity index (χ0v) is 22.8.